The van der Waals surface area contributed by atoms with Gasteiger partial charge in [0.1, 0.15) is 0 Å². The SMILES string of the molecule is NC(=O)c1ccc2c(c1)CCCN2C(=O)CC1CCCO1. The first-order valence-corrected chi connectivity index (χ1v) is 7.50. The molecule has 2 aliphatic heterocycles. The minimum atomic E-state index is -0.430. The summed E-state index contributed by atoms with van der Waals surface area (Å²) >= 11 is 0. The molecule has 21 heavy (non-hydrogen) atoms. The van der Waals surface area contributed by atoms with Crippen LogP contribution >= 0.6 is 0 Å². The van der Waals surface area contributed by atoms with Gasteiger partial charge in [0.2, 0.25) is 11.8 Å². The molecule has 1 atom stereocenters. The Labute approximate surface area is 124 Å². The summed E-state index contributed by atoms with van der Waals surface area (Å²) in [5.41, 5.74) is 7.75. The molecule has 112 valence electrons. The Bertz CT molecular complexity index is 565. The zero-order valence-electron chi connectivity index (χ0n) is 12.0. The molecule has 1 unspecified atom stereocenters. The molecule has 2 amide bonds. The maximum absolute atomic E-state index is 12.5. The fourth-order valence-electron chi connectivity index (χ4n) is 3.12. The minimum Gasteiger partial charge on any atom is -0.378 e. The van der Waals surface area contributed by atoms with Gasteiger partial charge >= 0.3 is 0 Å². The van der Waals surface area contributed by atoms with Crippen LogP contribution in [-0.4, -0.2) is 31.1 Å². The van der Waals surface area contributed by atoms with Crippen molar-refractivity contribution in [2.24, 2.45) is 5.73 Å². The number of hydrogen-bond donors (Lipinski definition) is 1. The number of primary amides is 1. The van der Waals surface area contributed by atoms with E-state index in [4.69, 9.17) is 10.5 Å². The summed E-state index contributed by atoms with van der Waals surface area (Å²) < 4.78 is 5.54. The lowest BCUT2D eigenvalue weighted by atomic mass is 9.98. The van der Waals surface area contributed by atoms with E-state index < -0.39 is 5.91 Å². The van der Waals surface area contributed by atoms with E-state index in [9.17, 15) is 9.59 Å². The fourth-order valence-corrected chi connectivity index (χ4v) is 3.12. The topological polar surface area (TPSA) is 72.6 Å². The van der Waals surface area contributed by atoms with Crippen LogP contribution in [0.3, 0.4) is 0 Å². The largest absolute Gasteiger partial charge is 0.378 e. The van der Waals surface area contributed by atoms with Crippen LogP contribution in [-0.2, 0) is 16.0 Å². The molecule has 2 aliphatic rings. The number of aryl methyl sites for hydroxylation is 1. The fraction of sp³-hybridized carbons (Fsp3) is 0.500. The Morgan fingerprint density at radius 1 is 1.33 bits per heavy atom. The van der Waals surface area contributed by atoms with Gasteiger partial charge in [-0.3, -0.25) is 9.59 Å². The van der Waals surface area contributed by atoms with Crippen LogP contribution in [0.2, 0.25) is 0 Å². The molecule has 1 saturated heterocycles. The number of carbonyl (C=O) groups excluding carboxylic acids is 2. The monoisotopic (exact) mass is 288 g/mol. The molecular formula is C16H20N2O3. The molecule has 1 aromatic rings. The normalized spacial score (nSPS) is 21.1. The number of anilines is 1. The number of hydrogen-bond acceptors (Lipinski definition) is 3. The van der Waals surface area contributed by atoms with Crippen molar-refractivity contribution in [2.45, 2.75) is 38.2 Å². The smallest absolute Gasteiger partial charge is 0.248 e. The van der Waals surface area contributed by atoms with Crippen LogP contribution < -0.4 is 10.6 Å². The lowest BCUT2D eigenvalue weighted by Gasteiger charge is -2.30. The van der Waals surface area contributed by atoms with Crippen LogP contribution in [0.5, 0.6) is 0 Å². The van der Waals surface area contributed by atoms with Gasteiger partial charge in [-0.25, -0.2) is 0 Å². The van der Waals surface area contributed by atoms with Gasteiger partial charge in [-0.2, -0.15) is 0 Å². The van der Waals surface area contributed by atoms with Crippen molar-refractivity contribution >= 4 is 17.5 Å². The number of nitrogens with zero attached hydrogens (tertiary/aromatic N) is 1. The third kappa shape index (κ3) is 2.93. The molecule has 2 N–H and O–H groups in total. The van der Waals surface area contributed by atoms with Crippen molar-refractivity contribution in [1.29, 1.82) is 0 Å². The molecule has 0 radical (unpaired) electrons. The summed E-state index contributed by atoms with van der Waals surface area (Å²) in [5, 5.41) is 0. The lowest BCUT2D eigenvalue weighted by Crippen LogP contribution is -2.37. The highest BCUT2D eigenvalue weighted by Gasteiger charge is 2.27. The summed E-state index contributed by atoms with van der Waals surface area (Å²) in [6.07, 6.45) is 4.29. The predicted molar refractivity (Wildman–Crippen MR) is 79.2 cm³/mol. The molecule has 3 rings (SSSR count). The second kappa shape index (κ2) is 5.85. The summed E-state index contributed by atoms with van der Waals surface area (Å²) in [5.74, 6) is -0.324. The molecular weight excluding hydrogens is 268 g/mol. The van der Waals surface area contributed by atoms with E-state index in [2.05, 4.69) is 0 Å². The zero-order chi connectivity index (χ0) is 14.8. The summed E-state index contributed by atoms with van der Waals surface area (Å²) in [6.45, 7) is 1.49. The number of ether oxygens (including phenoxy) is 1. The molecule has 0 saturated carbocycles. The summed E-state index contributed by atoms with van der Waals surface area (Å²) in [4.78, 5) is 25.6. The number of benzene rings is 1. The van der Waals surface area contributed by atoms with Crippen molar-refractivity contribution < 1.29 is 14.3 Å². The van der Waals surface area contributed by atoms with Gasteiger partial charge in [-0.1, -0.05) is 0 Å². The van der Waals surface area contributed by atoms with Crippen molar-refractivity contribution in [3.63, 3.8) is 0 Å². The van der Waals surface area contributed by atoms with Crippen molar-refractivity contribution in [3.8, 4) is 0 Å². The Morgan fingerprint density at radius 2 is 2.19 bits per heavy atom. The first kappa shape index (κ1) is 14.1. The van der Waals surface area contributed by atoms with Crippen LogP contribution in [0.25, 0.3) is 0 Å². The molecule has 1 aromatic carbocycles. The Hall–Kier alpha value is -1.88. The first-order valence-electron chi connectivity index (χ1n) is 7.50. The average Bonchev–Trinajstić information content (AvgIpc) is 2.98. The standard InChI is InChI=1S/C16H20N2O3/c17-16(20)12-5-6-14-11(9-12)3-1-7-18(14)15(19)10-13-4-2-8-21-13/h5-6,9,13H,1-4,7-8,10H2,(H2,17,20). The average molecular weight is 288 g/mol. The quantitative estimate of drug-likeness (QED) is 0.919. The third-order valence-corrected chi connectivity index (χ3v) is 4.21. The molecule has 5 heteroatoms. The Kier molecular flexibility index (Phi) is 3.92. The number of rotatable bonds is 3. The highest BCUT2D eigenvalue weighted by atomic mass is 16.5. The van der Waals surface area contributed by atoms with Gasteiger partial charge in [0.05, 0.1) is 12.5 Å². The molecule has 0 bridgehead atoms. The molecule has 5 nitrogen and oxygen atoms in total. The molecule has 0 aliphatic carbocycles. The predicted octanol–water partition coefficient (Wildman–Crippen LogP) is 1.63. The van der Waals surface area contributed by atoms with E-state index in [0.717, 1.165) is 50.1 Å². The second-order valence-electron chi connectivity index (χ2n) is 5.70. The highest BCUT2D eigenvalue weighted by molar-refractivity contribution is 5.97. The van der Waals surface area contributed by atoms with E-state index in [1.165, 1.54) is 0 Å². The minimum absolute atomic E-state index is 0.0627. The van der Waals surface area contributed by atoms with Crippen LogP contribution in [0.4, 0.5) is 5.69 Å². The number of fused-ring (bicyclic) bond motifs is 1. The van der Waals surface area contributed by atoms with Gasteiger partial charge in [-0.15, -0.1) is 0 Å². The van der Waals surface area contributed by atoms with Crippen LogP contribution in [0, 0.1) is 0 Å². The van der Waals surface area contributed by atoms with E-state index >= 15 is 0 Å². The van der Waals surface area contributed by atoms with Crippen molar-refractivity contribution in [3.05, 3.63) is 29.3 Å². The van der Waals surface area contributed by atoms with Crippen molar-refractivity contribution in [1.82, 2.24) is 0 Å². The van der Waals surface area contributed by atoms with Gasteiger partial charge in [-0.05, 0) is 49.4 Å². The van der Waals surface area contributed by atoms with Crippen LogP contribution in [0.15, 0.2) is 18.2 Å². The molecule has 2 heterocycles. The number of nitrogens with two attached hydrogens (primary N) is 1. The van der Waals surface area contributed by atoms with Gasteiger partial charge in [0, 0.05) is 24.4 Å². The van der Waals surface area contributed by atoms with E-state index in [-0.39, 0.29) is 12.0 Å². The first-order chi connectivity index (χ1) is 10.1. The molecule has 1 fully saturated rings. The Balaban J connectivity index is 1.79. The summed E-state index contributed by atoms with van der Waals surface area (Å²) in [6, 6.07) is 5.34. The molecule has 0 aromatic heterocycles. The number of carbonyl (C=O) groups is 2. The molecule has 0 spiro atoms. The number of amides is 2. The van der Waals surface area contributed by atoms with Crippen LogP contribution in [0.1, 0.15) is 41.6 Å². The second-order valence-corrected chi connectivity index (χ2v) is 5.70. The van der Waals surface area contributed by atoms with E-state index in [0.29, 0.717) is 12.0 Å². The Morgan fingerprint density at radius 3 is 2.90 bits per heavy atom. The zero-order valence-corrected chi connectivity index (χ0v) is 12.0. The van der Waals surface area contributed by atoms with Gasteiger partial charge in [0.25, 0.3) is 0 Å². The summed E-state index contributed by atoms with van der Waals surface area (Å²) in [7, 11) is 0. The maximum atomic E-state index is 12.5. The van der Waals surface area contributed by atoms with E-state index in [1.54, 1.807) is 6.07 Å². The maximum Gasteiger partial charge on any atom is 0.248 e. The van der Waals surface area contributed by atoms with Gasteiger partial charge < -0.3 is 15.4 Å². The van der Waals surface area contributed by atoms with Crippen molar-refractivity contribution in [2.75, 3.05) is 18.1 Å². The third-order valence-electron chi connectivity index (χ3n) is 4.21. The van der Waals surface area contributed by atoms with Gasteiger partial charge in [0.15, 0.2) is 0 Å². The highest BCUT2D eigenvalue weighted by Crippen LogP contribution is 2.29. The lowest BCUT2D eigenvalue weighted by molar-refractivity contribution is -0.120. The van der Waals surface area contributed by atoms with E-state index in [1.807, 2.05) is 17.0 Å².